The van der Waals surface area contributed by atoms with E-state index in [1.165, 1.54) is 18.2 Å². The first-order valence-corrected chi connectivity index (χ1v) is 8.32. The summed E-state index contributed by atoms with van der Waals surface area (Å²) in [4.78, 5) is 12.0. The normalized spacial score (nSPS) is 11.1. The lowest BCUT2D eigenvalue weighted by Crippen LogP contribution is -2.06. The molecule has 3 aromatic rings. The Morgan fingerprint density at radius 3 is 2.56 bits per heavy atom. The van der Waals surface area contributed by atoms with Gasteiger partial charge in [-0.25, -0.2) is 13.9 Å². The van der Waals surface area contributed by atoms with Crippen LogP contribution in [0.25, 0.3) is 23.0 Å². The summed E-state index contributed by atoms with van der Waals surface area (Å²) >= 11 is 0. The molecule has 0 aliphatic carbocycles. The van der Waals surface area contributed by atoms with E-state index in [2.05, 4.69) is 5.10 Å². The Morgan fingerprint density at radius 2 is 1.93 bits per heavy atom. The molecule has 134 valence electrons. The van der Waals surface area contributed by atoms with Crippen LogP contribution in [0.2, 0.25) is 0 Å². The zero-order chi connectivity index (χ0) is 19.2. The van der Waals surface area contributed by atoms with E-state index >= 15 is 0 Å². The molecule has 5 nitrogen and oxygen atoms in total. The lowest BCUT2D eigenvalue weighted by atomic mass is 10.1. The van der Waals surface area contributed by atoms with Gasteiger partial charge in [-0.3, -0.25) is 0 Å². The van der Waals surface area contributed by atoms with Gasteiger partial charge in [0.15, 0.2) is 0 Å². The Bertz CT molecular complexity index is 1020. The van der Waals surface area contributed by atoms with Crippen LogP contribution in [0.15, 0.2) is 66.4 Å². The van der Waals surface area contributed by atoms with Crippen molar-refractivity contribution in [2.75, 3.05) is 6.61 Å². The Balaban J connectivity index is 2.13. The Hall–Kier alpha value is -3.72. The van der Waals surface area contributed by atoms with Crippen LogP contribution >= 0.6 is 0 Å². The predicted octanol–water partition coefficient (Wildman–Crippen LogP) is 4.15. The maximum atomic E-state index is 13.3. The molecule has 0 atom stereocenters. The molecule has 0 bridgehead atoms. The largest absolute Gasteiger partial charge is 0.462 e. The van der Waals surface area contributed by atoms with Gasteiger partial charge in [-0.1, -0.05) is 18.2 Å². The van der Waals surface area contributed by atoms with Crippen molar-refractivity contribution in [1.82, 2.24) is 9.78 Å². The highest BCUT2D eigenvalue weighted by Gasteiger charge is 2.15. The molecular formula is C21H16FN3O2. The standard InChI is InChI=1S/C21H16FN3O2/c1-2-27-21(26)16(13-23)12-17-14-25(19-6-4-3-5-7-19)24-20(17)15-8-10-18(22)11-9-15/h3-12,14H,2H2,1H3/b16-12+. The number of hydrogen-bond donors (Lipinski definition) is 0. The zero-order valence-electron chi connectivity index (χ0n) is 14.6. The number of esters is 1. The van der Waals surface area contributed by atoms with Gasteiger partial charge in [0, 0.05) is 17.3 Å². The lowest BCUT2D eigenvalue weighted by molar-refractivity contribution is -0.137. The van der Waals surface area contributed by atoms with Crippen molar-refractivity contribution < 1.29 is 13.9 Å². The second-order valence-electron chi connectivity index (χ2n) is 5.61. The van der Waals surface area contributed by atoms with E-state index in [1.807, 2.05) is 36.4 Å². The first-order chi connectivity index (χ1) is 13.1. The fourth-order valence-corrected chi connectivity index (χ4v) is 2.54. The highest BCUT2D eigenvalue weighted by molar-refractivity contribution is 5.98. The maximum Gasteiger partial charge on any atom is 0.348 e. The molecule has 0 saturated heterocycles. The molecule has 0 spiro atoms. The Kier molecular flexibility index (Phi) is 5.43. The van der Waals surface area contributed by atoms with Crippen molar-refractivity contribution >= 4 is 12.0 Å². The molecule has 0 saturated carbocycles. The van der Waals surface area contributed by atoms with Crippen LogP contribution in [0.1, 0.15) is 12.5 Å². The van der Waals surface area contributed by atoms with Gasteiger partial charge < -0.3 is 4.74 Å². The van der Waals surface area contributed by atoms with E-state index in [9.17, 15) is 14.4 Å². The van der Waals surface area contributed by atoms with Gasteiger partial charge in [0.25, 0.3) is 0 Å². The number of nitrogens with zero attached hydrogens (tertiary/aromatic N) is 3. The number of halogens is 1. The van der Waals surface area contributed by atoms with Gasteiger partial charge in [-0.2, -0.15) is 10.4 Å². The number of ether oxygens (including phenoxy) is 1. The van der Waals surface area contributed by atoms with Crippen molar-refractivity contribution in [2.24, 2.45) is 0 Å². The van der Waals surface area contributed by atoms with Crippen molar-refractivity contribution in [3.8, 4) is 23.0 Å². The smallest absolute Gasteiger partial charge is 0.348 e. The first-order valence-electron chi connectivity index (χ1n) is 8.32. The van der Waals surface area contributed by atoms with Crippen LogP contribution in [0.5, 0.6) is 0 Å². The average molecular weight is 361 g/mol. The summed E-state index contributed by atoms with van der Waals surface area (Å²) in [5.74, 6) is -1.06. The summed E-state index contributed by atoms with van der Waals surface area (Å²) in [5, 5.41) is 13.9. The van der Waals surface area contributed by atoms with Gasteiger partial charge in [0.2, 0.25) is 0 Å². The molecule has 27 heavy (non-hydrogen) atoms. The van der Waals surface area contributed by atoms with Crippen molar-refractivity contribution in [2.45, 2.75) is 6.92 Å². The minimum atomic E-state index is -0.697. The summed E-state index contributed by atoms with van der Waals surface area (Å²) in [6.45, 7) is 1.84. The van der Waals surface area contributed by atoms with E-state index in [0.29, 0.717) is 16.8 Å². The highest BCUT2D eigenvalue weighted by atomic mass is 19.1. The summed E-state index contributed by atoms with van der Waals surface area (Å²) in [7, 11) is 0. The molecule has 3 rings (SSSR count). The molecule has 0 amide bonds. The predicted molar refractivity (Wildman–Crippen MR) is 99.2 cm³/mol. The third-order valence-corrected chi connectivity index (χ3v) is 3.80. The summed E-state index contributed by atoms with van der Waals surface area (Å²) in [5.41, 5.74) is 2.42. The molecule has 0 aliphatic heterocycles. The van der Waals surface area contributed by atoms with E-state index in [4.69, 9.17) is 4.74 Å². The van der Waals surface area contributed by atoms with Crippen LogP contribution < -0.4 is 0 Å². The third-order valence-electron chi connectivity index (χ3n) is 3.80. The minimum Gasteiger partial charge on any atom is -0.462 e. The topological polar surface area (TPSA) is 67.9 Å². The number of carbonyl (C=O) groups is 1. The summed E-state index contributed by atoms with van der Waals surface area (Å²) in [6, 6.07) is 17.1. The lowest BCUT2D eigenvalue weighted by Gasteiger charge is -2.01. The average Bonchev–Trinajstić information content (AvgIpc) is 3.11. The number of benzene rings is 2. The molecule has 0 fully saturated rings. The van der Waals surface area contributed by atoms with Crippen molar-refractivity contribution in [1.29, 1.82) is 5.26 Å². The van der Waals surface area contributed by atoms with E-state index < -0.39 is 5.97 Å². The number of para-hydroxylation sites is 1. The number of hydrogen-bond acceptors (Lipinski definition) is 4. The van der Waals surface area contributed by atoms with Crippen molar-refractivity contribution in [3.05, 3.63) is 77.7 Å². The molecule has 1 heterocycles. The van der Waals surface area contributed by atoms with Crippen LogP contribution in [0, 0.1) is 17.1 Å². The van der Waals surface area contributed by atoms with Gasteiger partial charge in [0.1, 0.15) is 17.5 Å². The SMILES string of the molecule is CCOC(=O)/C(C#N)=C/c1cn(-c2ccccc2)nc1-c1ccc(F)cc1. The van der Waals surface area contributed by atoms with Gasteiger partial charge in [-0.15, -0.1) is 0 Å². The molecule has 1 aromatic heterocycles. The number of rotatable bonds is 5. The molecular weight excluding hydrogens is 345 g/mol. The van der Waals surface area contributed by atoms with Gasteiger partial charge in [-0.05, 0) is 49.4 Å². The fraction of sp³-hybridized carbons (Fsp3) is 0.0952. The Morgan fingerprint density at radius 1 is 1.22 bits per heavy atom. The maximum absolute atomic E-state index is 13.3. The molecule has 0 radical (unpaired) electrons. The zero-order valence-corrected chi connectivity index (χ0v) is 14.6. The monoisotopic (exact) mass is 361 g/mol. The fourth-order valence-electron chi connectivity index (χ4n) is 2.54. The number of nitriles is 1. The number of aromatic nitrogens is 2. The van der Waals surface area contributed by atoms with E-state index in [-0.39, 0.29) is 18.0 Å². The summed E-state index contributed by atoms with van der Waals surface area (Å²) in [6.07, 6.45) is 3.15. The Labute approximate surface area is 155 Å². The molecule has 6 heteroatoms. The van der Waals surface area contributed by atoms with Gasteiger partial charge >= 0.3 is 5.97 Å². The highest BCUT2D eigenvalue weighted by Crippen LogP contribution is 2.26. The van der Waals surface area contributed by atoms with Gasteiger partial charge in [0.05, 0.1) is 18.0 Å². The van der Waals surface area contributed by atoms with E-state index in [1.54, 1.807) is 29.9 Å². The van der Waals surface area contributed by atoms with Crippen molar-refractivity contribution in [3.63, 3.8) is 0 Å². The second-order valence-corrected chi connectivity index (χ2v) is 5.61. The summed E-state index contributed by atoms with van der Waals surface area (Å²) < 4.78 is 19.8. The van der Waals surface area contributed by atoms with Crippen LogP contribution in [0.3, 0.4) is 0 Å². The first kappa shape index (κ1) is 18.1. The minimum absolute atomic E-state index is 0.132. The van der Waals surface area contributed by atoms with Crippen LogP contribution in [0.4, 0.5) is 4.39 Å². The molecule has 0 unspecified atom stereocenters. The number of carbonyl (C=O) groups excluding carboxylic acids is 1. The molecule has 0 aliphatic rings. The molecule has 2 aromatic carbocycles. The van der Waals surface area contributed by atoms with Crippen LogP contribution in [-0.2, 0) is 9.53 Å². The molecule has 0 N–H and O–H groups in total. The third kappa shape index (κ3) is 4.10. The quantitative estimate of drug-likeness (QED) is 0.389. The van der Waals surface area contributed by atoms with Crippen LogP contribution in [-0.4, -0.2) is 22.4 Å². The van der Waals surface area contributed by atoms with E-state index in [0.717, 1.165) is 5.69 Å². The second kappa shape index (κ2) is 8.11.